The normalized spacial score (nSPS) is 11.5. The van der Waals surface area contributed by atoms with Crippen LogP contribution in [0.15, 0.2) is 35.6 Å². The molecule has 0 saturated heterocycles. The standard InChI is InChI=1S/C20H17ClF3N5OS/c1-12-4-5-15(8-13(12)2)28(7-3-6-25)17(30)11-31-19-27-26-18-16(21)9-14(10-29(18)19)20(22,23)24/h4-5,8-10H,3,7,11H2,1-2H3. The van der Waals surface area contributed by atoms with Crippen molar-refractivity contribution >= 4 is 40.6 Å². The minimum atomic E-state index is -4.59. The van der Waals surface area contributed by atoms with Gasteiger partial charge >= 0.3 is 6.18 Å². The number of hydrogen-bond acceptors (Lipinski definition) is 5. The van der Waals surface area contributed by atoms with Crippen molar-refractivity contribution < 1.29 is 18.0 Å². The number of nitrogens with zero attached hydrogens (tertiary/aromatic N) is 5. The monoisotopic (exact) mass is 467 g/mol. The van der Waals surface area contributed by atoms with Gasteiger partial charge in [-0.3, -0.25) is 9.20 Å². The number of nitriles is 1. The van der Waals surface area contributed by atoms with Crippen LogP contribution in [0.3, 0.4) is 0 Å². The quantitative estimate of drug-likeness (QED) is 0.474. The summed E-state index contributed by atoms with van der Waals surface area (Å²) >= 11 is 6.87. The highest BCUT2D eigenvalue weighted by molar-refractivity contribution is 7.99. The largest absolute Gasteiger partial charge is 0.417 e. The number of benzene rings is 1. The number of fused-ring (bicyclic) bond motifs is 1. The number of pyridine rings is 1. The Morgan fingerprint density at radius 2 is 2.00 bits per heavy atom. The van der Waals surface area contributed by atoms with Crippen molar-refractivity contribution in [2.45, 2.75) is 31.6 Å². The summed E-state index contributed by atoms with van der Waals surface area (Å²) in [5.74, 6) is -0.411. The highest BCUT2D eigenvalue weighted by Gasteiger charge is 2.32. The molecule has 0 N–H and O–H groups in total. The van der Waals surface area contributed by atoms with Crippen molar-refractivity contribution in [1.82, 2.24) is 14.6 Å². The number of alkyl halides is 3. The number of hydrogen-bond donors (Lipinski definition) is 0. The first-order chi connectivity index (χ1) is 14.6. The summed E-state index contributed by atoms with van der Waals surface area (Å²) < 4.78 is 40.5. The number of anilines is 1. The molecule has 0 radical (unpaired) electrons. The Kier molecular flexibility index (Phi) is 6.77. The third-order valence-corrected chi connectivity index (χ3v) is 5.84. The zero-order valence-corrected chi connectivity index (χ0v) is 18.1. The van der Waals surface area contributed by atoms with Gasteiger partial charge in [-0.15, -0.1) is 10.2 Å². The number of thioether (sulfide) groups is 1. The fraction of sp³-hybridized carbons (Fsp3) is 0.300. The second kappa shape index (κ2) is 9.16. The molecule has 3 aromatic rings. The number of carbonyl (C=O) groups excluding carboxylic acids is 1. The molecule has 0 saturated carbocycles. The van der Waals surface area contributed by atoms with E-state index in [1.165, 1.54) is 4.90 Å². The Balaban J connectivity index is 1.85. The van der Waals surface area contributed by atoms with Gasteiger partial charge in [-0.25, -0.2) is 0 Å². The smallest absolute Gasteiger partial charge is 0.311 e. The van der Waals surface area contributed by atoms with Gasteiger partial charge in [0.25, 0.3) is 0 Å². The molecular formula is C20H17ClF3N5OS. The van der Waals surface area contributed by atoms with Crippen molar-refractivity contribution in [2.24, 2.45) is 0 Å². The SMILES string of the molecule is Cc1ccc(N(CCC#N)C(=O)CSc2nnc3c(Cl)cc(C(F)(F)F)cn23)cc1C. The Labute approximate surface area is 185 Å². The molecular weight excluding hydrogens is 451 g/mol. The average molecular weight is 468 g/mol. The van der Waals surface area contributed by atoms with Crippen LogP contribution in [0.1, 0.15) is 23.1 Å². The van der Waals surface area contributed by atoms with Crippen LogP contribution < -0.4 is 4.90 Å². The zero-order chi connectivity index (χ0) is 22.8. The van der Waals surface area contributed by atoms with E-state index in [2.05, 4.69) is 10.2 Å². The summed E-state index contributed by atoms with van der Waals surface area (Å²) in [6, 6.07) is 8.35. The molecule has 0 aliphatic carbocycles. The maximum absolute atomic E-state index is 13.1. The van der Waals surface area contributed by atoms with Crippen LogP contribution in [0.5, 0.6) is 0 Å². The van der Waals surface area contributed by atoms with E-state index >= 15 is 0 Å². The molecule has 0 spiro atoms. The fourth-order valence-corrected chi connectivity index (χ4v) is 3.88. The van der Waals surface area contributed by atoms with Crippen LogP contribution in [-0.2, 0) is 11.0 Å². The molecule has 1 aromatic carbocycles. The van der Waals surface area contributed by atoms with Gasteiger partial charge in [0, 0.05) is 18.4 Å². The van der Waals surface area contributed by atoms with E-state index < -0.39 is 11.7 Å². The van der Waals surface area contributed by atoms with Gasteiger partial charge in [-0.1, -0.05) is 29.4 Å². The number of amides is 1. The molecule has 0 unspecified atom stereocenters. The van der Waals surface area contributed by atoms with Crippen molar-refractivity contribution in [3.8, 4) is 6.07 Å². The lowest BCUT2D eigenvalue weighted by molar-refractivity contribution is -0.137. The van der Waals surface area contributed by atoms with Crippen LogP contribution in [0.25, 0.3) is 5.65 Å². The van der Waals surface area contributed by atoms with E-state index in [4.69, 9.17) is 16.9 Å². The maximum Gasteiger partial charge on any atom is 0.417 e. The number of aromatic nitrogens is 3. The highest BCUT2D eigenvalue weighted by atomic mass is 35.5. The molecule has 11 heteroatoms. The first-order valence-electron chi connectivity index (χ1n) is 9.10. The Morgan fingerprint density at radius 1 is 1.26 bits per heavy atom. The van der Waals surface area contributed by atoms with Crippen LogP contribution >= 0.6 is 23.4 Å². The van der Waals surface area contributed by atoms with Gasteiger partial charge in [0.15, 0.2) is 10.8 Å². The van der Waals surface area contributed by atoms with E-state index in [1.54, 1.807) is 6.07 Å². The molecule has 0 aliphatic rings. The summed E-state index contributed by atoms with van der Waals surface area (Å²) in [5.41, 5.74) is 1.84. The predicted octanol–water partition coefficient (Wildman–Crippen LogP) is 5.06. The van der Waals surface area contributed by atoms with Gasteiger partial charge < -0.3 is 4.90 Å². The van der Waals surface area contributed by atoms with Crippen LogP contribution in [0.2, 0.25) is 5.02 Å². The zero-order valence-electron chi connectivity index (χ0n) is 16.6. The molecule has 1 amide bonds. The van der Waals surface area contributed by atoms with E-state index in [9.17, 15) is 18.0 Å². The van der Waals surface area contributed by atoms with E-state index in [0.717, 1.165) is 39.6 Å². The molecule has 2 heterocycles. The number of carbonyl (C=O) groups is 1. The predicted molar refractivity (Wildman–Crippen MR) is 112 cm³/mol. The second-order valence-corrected chi connectivity index (χ2v) is 8.11. The summed E-state index contributed by atoms with van der Waals surface area (Å²) in [6.07, 6.45) is -3.59. The summed E-state index contributed by atoms with van der Waals surface area (Å²) in [7, 11) is 0. The average Bonchev–Trinajstić information content (AvgIpc) is 3.12. The first kappa shape index (κ1) is 22.9. The molecule has 2 aromatic heterocycles. The first-order valence-corrected chi connectivity index (χ1v) is 10.5. The molecule has 0 bridgehead atoms. The maximum atomic E-state index is 13.1. The molecule has 6 nitrogen and oxygen atoms in total. The number of aryl methyl sites for hydroxylation is 2. The van der Waals surface area contributed by atoms with Gasteiger partial charge in [0.1, 0.15) is 0 Å². The Morgan fingerprint density at radius 3 is 2.65 bits per heavy atom. The topological polar surface area (TPSA) is 74.3 Å². The van der Waals surface area contributed by atoms with Gasteiger partial charge in [-0.05, 0) is 43.2 Å². The highest BCUT2D eigenvalue weighted by Crippen LogP contribution is 2.33. The number of rotatable bonds is 6. The van der Waals surface area contributed by atoms with Gasteiger partial charge in [0.2, 0.25) is 5.91 Å². The van der Waals surface area contributed by atoms with Crippen molar-refractivity contribution in [2.75, 3.05) is 17.2 Å². The molecule has 162 valence electrons. The van der Waals surface area contributed by atoms with Crippen molar-refractivity contribution in [3.05, 3.63) is 52.2 Å². The third-order valence-electron chi connectivity index (χ3n) is 4.63. The Hall–Kier alpha value is -2.77. The fourth-order valence-electron chi connectivity index (χ4n) is 2.84. The summed E-state index contributed by atoms with van der Waals surface area (Å²) in [6.45, 7) is 4.07. The molecule has 3 rings (SSSR count). The van der Waals surface area contributed by atoms with E-state index in [1.807, 2.05) is 32.0 Å². The molecule has 0 fully saturated rings. The van der Waals surface area contributed by atoms with E-state index in [-0.39, 0.29) is 40.5 Å². The van der Waals surface area contributed by atoms with Gasteiger partial charge in [-0.2, -0.15) is 18.4 Å². The lowest BCUT2D eigenvalue weighted by atomic mass is 10.1. The molecule has 0 atom stereocenters. The molecule has 31 heavy (non-hydrogen) atoms. The van der Waals surface area contributed by atoms with Crippen molar-refractivity contribution in [3.63, 3.8) is 0 Å². The number of halogens is 4. The van der Waals surface area contributed by atoms with Gasteiger partial charge in [0.05, 0.1) is 28.8 Å². The summed E-state index contributed by atoms with van der Waals surface area (Å²) in [4.78, 5) is 14.4. The van der Waals surface area contributed by atoms with Crippen LogP contribution in [0.4, 0.5) is 18.9 Å². The van der Waals surface area contributed by atoms with Crippen molar-refractivity contribution in [1.29, 1.82) is 5.26 Å². The van der Waals surface area contributed by atoms with Crippen LogP contribution in [0, 0.1) is 25.2 Å². The lowest BCUT2D eigenvalue weighted by Gasteiger charge is -2.22. The minimum Gasteiger partial charge on any atom is -0.311 e. The Bertz CT molecular complexity index is 1170. The minimum absolute atomic E-state index is 0.0695. The van der Waals surface area contributed by atoms with Crippen LogP contribution in [-0.4, -0.2) is 32.8 Å². The third kappa shape index (κ3) is 5.11. The second-order valence-electron chi connectivity index (χ2n) is 6.76. The van der Waals surface area contributed by atoms with E-state index in [0.29, 0.717) is 5.69 Å². The molecule has 0 aliphatic heterocycles. The lowest BCUT2D eigenvalue weighted by Crippen LogP contribution is -2.33. The summed E-state index contributed by atoms with van der Waals surface area (Å²) in [5, 5.41) is 16.5.